The molecule has 0 heterocycles. The fraction of sp³-hybridized carbons (Fsp3) is 0.455. The number of nitro benzene ring substituents is 1. The minimum Gasteiger partial charge on any atom is -0.403 e. The van der Waals surface area contributed by atoms with E-state index in [4.69, 9.17) is 4.43 Å². The van der Waals surface area contributed by atoms with Crippen LogP contribution in [0.2, 0.25) is 19.6 Å². The molecule has 0 aromatic heterocycles. The maximum Gasteiger partial charge on any atom is 0.417 e. The molecular formula is C11H14F3NO3Si. The fourth-order valence-corrected chi connectivity index (χ4v) is 2.43. The van der Waals surface area contributed by atoms with Crippen LogP contribution in [0.25, 0.3) is 0 Å². The van der Waals surface area contributed by atoms with Crippen LogP contribution in [0.4, 0.5) is 18.9 Å². The predicted octanol–water partition coefficient (Wildman–Crippen LogP) is 4.05. The quantitative estimate of drug-likeness (QED) is 0.478. The van der Waals surface area contributed by atoms with E-state index in [1.165, 1.54) is 0 Å². The first-order valence-corrected chi connectivity index (χ1v) is 8.90. The van der Waals surface area contributed by atoms with Gasteiger partial charge in [-0.15, -0.1) is 0 Å². The zero-order valence-electron chi connectivity index (χ0n) is 10.7. The number of non-ortho nitro benzene ring substituents is 1. The number of halogens is 3. The molecule has 0 saturated carbocycles. The second kappa shape index (κ2) is 5.30. The predicted molar refractivity (Wildman–Crippen MR) is 66.3 cm³/mol. The summed E-state index contributed by atoms with van der Waals surface area (Å²) in [5.41, 5.74) is -0.377. The highest BCUT2D eigenvalue weighted by atomic mass is 28.4. The van der Waals surface area contributed by atoms with E-state index in [0.717, 1.165) is 24.3 Å². The average Bonchev–Trinajstić information content (AvgIpc) is 2.23. The van der Waals surface area contributed by atoms with Gasteiger partial charge < -0.3 is 4.43 Å². The van der Waals surface area contributed by atoms with Crippen molar-refractivity contribution in [3.05, 3.63) is 39.9 Å². The Morgan fingerprint density at radius 1 is 1.21 bits per heavy atom. The summed E-state index contributed by atoms with van der Waals surface area (Å²) < 4.78 is 44.0. The molecule has 1 rings (SSSR count). The summed E-state index contributed by atoms with van der Waals surface area (Å²) >= 11 is 0. The van der Waals surface area contributed by atoms with Crippen LogP contribution in [0.15, 0.2) is 24.3 Å². The second-order valence-corrected chi connectivity index (χ2v) is 9.46. The largest absolute Gasteiger partial charge is 0.417 e. The third kappa shape index (κ3) is 4.64. The summed E-state index contributed by atoms with van der Waals surface area (Å²) in [6.07, 6.45) is -6.59. The van der Waals surface area contributed by atoms with Crippen LogP contribution in [0, 0.1) is 10.1 Å². The molecule has 0 radical (unpaired) electrons. The highest BCUT2D eigenvalue weighted by molar-refractivity contribution is 6.69. The Morgan fingerprint density at radius 3 is 2.00 bits per heavy atom. The van der Waals surface area contributed by atoms with Gasteiger partial charge in [-0.3, -0.25) is 10.1 Å². The van der Waals surface area contributed by atoms with Crippen molar-refractivity contribution < 1.29 is 22.5 Å². The smallest absolute Gasteiger partial charge is 0.403 e. The Bertz CT molecular complexity index is 454. The molecule has 0 bridgehead atoms. The van der Waals surface area contributed by atoms with Crippen LogP contribution in [-0.4, -0.2) is 19.4 Å². The molecular weight excluding hydrogens is 279 g/mol. The lowest BCUT2D eigenvalue weighted by atomic mass is 10.1. The minimum atomic E-state index is -4.55. The van der Waals surface area contributed by atoms with Crippen LogP contribution in [0.3, 0.4) is 0 Å². The lowest BCUT2D eigenvalue weighted by Crippen LogP contribution is -2.34. The maximum absolute atomic E-state index is 13.0. The standard InChI is InChI=1S/C11H14F3NO3Si/c1-19(2,3)18-10(11(12,13)14)8-4-6-9(7-5-8)15(16)17/h4-7,10H,1-3H3. The number of benzene rings is 1. The van der Waals surface area contributed by atoms with E-state index in [0.29, 0.717) is 0 Å². The average molecular weight is 293 g/mol. The van der Waals surface area contributed by atoms with Crippen molar-refractivity contribution in [3.63, 3.8) is 0 Å². The molecule has 0 aliphatic rings. The molecule has 0 N–H and O–H groups in total. The summed E-state index contributed by atoms with van der Waals surface area (Å²) in [6, 6.07) is 4.25. The van der Waals surface area contributed by atoms with Crippen LogP contribution in [-0.2, 0) is 4.43 Å². The zero-order valence-corrected chi connectivity index (χ0v) is 11.7. The van der Waals surface area contributed by atoms with Gasteiger partial charge in [-0.1, -0.05) is 0 Å². The van der Waals surface area contributed by atoms with E-state index in [9.17, 15) is 23.3 Å². The molecule has 106 valence electrons. The Kier molecular flexibility index (Phi) is 4.36. The van der Waals surface area contributed by atoms with Crippen molar-refractivity contribution in [1.82, 2.24) is 0 Å². The molecule has 0 aliphatic heterocycles. The van der Waals surface area contributed by atoms with Gasteiger partial charge in [0.05, 0.1) is 4.92 Å². The van der Waals surface area contributed by atoms with Gasteiger partial charge in [0.1, 0.15) is 0 Å². The molecule has 4 nitrogen and oxygen atoms in total. The van der Waals surface area contributed by atoms with Crippen molar-refractivity contribution in [2.75, 3.05) is 0 Å². The number of rotatable bonds is 4. The van der Waals surface area contributed by atoms with Gasteiger partial charge in [0.25, 0.3) is 5.69 Å². The van der Waals surface area contributed by atoms with Gasteiger partial charge in [-0.05, 0) is 37.3 Å². The highest BCUT2D eigenvalue weighted by Crippen LogP contribution is 2.38. The molecule has 8 heteroatoms. The monoisotopic (exact) mass is 293 g/mol. The Hall–Kier alpha value is -1.41. The van der Waals surface area contributed by atoms with E-state index in [2.05, 4.69) is 0 Å². The molecule has 0 saturated heterocycles. The number of nitrogens with zero attached hydrogens (tertiary/aromatic N) is 1. The number of hydrogen-bond donors (Lipinski definition) is 0. The van der Waals surface area contributed by atoms with Crippen molar-refractivity contribution in [3.8, 4) is 0 Å². The van der Waals surface area contributed by atoms with Gasteiger partial charge in [-0.25, -0.2) is 0 Å². The molecule has 1 unspecified atom stereocenters. The first kappa shape index (κ1) is 15.6. The molecule has 0 fully saturated rings. The first-order chi connectivity index (χ1) is 8.50. The summed E-state index contributed by atoms with van der Waals surface area (Å²) in [7, 11) is -2.40. The topological polar surface area (TPSA) is 52.4 Å². The number of hydrogen-bond acceptors (Lipinski definition) is 3. The molecule has 19 heavy (non-hydrogen) atoms. The van der Waals surface area contributed by atoms with Crippen LogP contribution in [0.1, 0.15) is 11.7 Å². The molecule has 0 aliphatic carbocycles. The second-order valence-electron chi connectivity index (χ2n) is 5.00. The Morgan fingerprint density at radius 2 is 1.68 bits per heavy atom. The first-order valence-electron chi connectivity index (χ1n) is 5.49. The fourth-order valence-electron chi connectivity index (χ4n) is 1.45. The zero-order chi connectivity index (χ0) is 14.8. The molecule has 0 spiro atoms. The molecule has 1 atom stereocenters. The summed E-state index contributed by atoms with van der Waals surface area (Å²) in [4.78, 5) is 9.81. The molecule has 1 aromatic carbocycles. The van der Waals surface area contributed by atoms with Crippen molar-refractivity contribution in [2.24, 2.45) is 0 Å². The van der Waals surface area contributed by atoms with Crippen molar-refractivity contribution in [1.29, 1.82) is 0 Å². The van der Waals surface area contributed by atoms with E-state index in [1.807, 2.05) is 0 Å². The minimum absolute atomic E-state index is 0.125. The molecule has 1 aromatic rings. The Balaban J connectivity index is 3.08. The van der Waals surface area contributed by atoms with E-state index >= 15 is 0 Å². The van der Waals surface area contributed by atoms with Gasteiger partial charge in [-0.2, -0.15) is 13.2 Å². The highest BCUT2D eigenvalue weighted by Gasteiger charge is 2.44. The van der Waals surface area contributed by atoms with Gasteiger partial charge in [0.2, 0.25) is 0 Å². The lowest BCUT2D eigenvalue weighted by Gasteiger charge is -2.28. The molecule has 0 amide bonds. The summed E-state index contributed by atoms with van der Waals surface area (Å²) in [6.45, 7) is 4.95. The van der Waals surface area contributed by atoms with E-state index < -0.39 is 25.5 Å². The summed E-state index contributed by atoms with van der Waals surface area (Å²) in [5, 5.41) is 10.5. The van der Waals surface area contributed by atoms with Gasteiger partial charge in [0.15, 0.2) is 14.4 Å². The lowest BCUT2D eigenvalue weighted by molar-refractivity contribution is -0.384. The van der Waals surface area contributed by atoms with E-state index in [1.54, 1.807) is 19.6 Å². The number of nitro groups is 1. The maximum atomic E-state index is 13.0. The Labute approximate surface area is 109 Å². The van der Waals surface area contributed by atoms with Gasteiger partial charge >= 0.3 is 6.18 Å². The van der Waals surface area contributed by atoms with Crippen molar-refractivity contribution in [2.45, 2.75) is 31.9 Å². The number of alkyl halides is 3. The third-order valence-corrected chi connectivity index (χ3v) is 3.12. The van der Waals surface area contributed by atoms with Crippen molar-refractivity contribution >= 4 is 14.0 Å². The van der Waals surface area contributed by atoms with Crippen LogP contribution >= 0.6 is 0 Å². The van der Waals surface area contributed by atoms with Gasteiger partial charge in [0, 0.05) is 12.1 Å². The van der Waals surface area contributed by atoms with E-state index in [-0.39, 0.29) is 11.3 Å². The summed E-state index contributed by atoms with van der Waals surface area (Å²) in [5.74, 6) is 0. The van der Waals surface area contributed by atoms with Crippen LogP contribution in [0.5, 0.6) is 0 Å². The third-order valence-electron chi connectivity index (χ3n) is 2.18. The SMILES string of the molecule is C[Si](C)(C)OC(c1ccc([N+](=O)[O-])cc1)C(F)(F)F. The normalized spacial score (nSPS) is 14.2. The van der Waals surface area contributed by atoms with Crippen LogP contribution < -0.4 is 0 Å².